The van der Waals surface area contributed by atoms with Crippen LogP contribution in [0.1, 0.15) is 32.1 Å². The van der Waals surface area contributed by atoms with Crippen molar-refractivity contribution < 1.29 is 9.90 Å². The second-order valence-corrected chi connectivity index (χ2v) is 6.69. The summed E-state index contributed by atoms with van der Waals surface area (Å²) in [5.41, 5.74) is 1.68. The van der Waals surface area contributed by atoms with Crippen molar-refractivity contribution in [2.45, 2.75) is 37.7 Å². The van der Waals surface area contributed by atoms with Gasteiger partial charge in [0.15, 0.2) is 0 Å². The monoisotopic (exact) mass is 336 g/mol. The maximum atomic E-state index is 12.2. The number of aromatic nitrogens is 3. The molecule has 2 heterocycles. The van der Waals surface area contributed by atoms with E-state index in [1.165, 1.54) is 0 Å². The third-order valence-corrected chi connectivity index (χ3v) is 4.72. The van der Waals surface area contributed by atoms with Gasteiger partial charge in [-0.1, -0.05) is 25.0 Å². The summed E-state index contributed by atoms with van der Waals surface area (Å²) in [4.78, 5) is 20.8. The zero-order valence-electron chi connectivity index (χ0n) is 13.9. The molecule has 0 saturated heterocycles. The molecule has 1 aliphatic rings. The average molecular weight is 336 g/mol. The summed E-state index contributed by atoms with van der Waals surface area (Å²) in [6, 6.07) is 9.39. The number of hydrogen-bond donors (Lipinski definition) is 2. The van der Waals surface area contributed by atoms with Gasteiger partial charge in [-0.2, -0.15) is 0 Å². The number of rotatable bonds is 4. The number of hydrogen-bond acceptors (Lipinski definition) is 4. The van der Waals surface area contributed by atoms with Gasteiger partial charge in [-0.25, -0.2) is 9.97 Å². The van der Waals surface area contributed by atoms with Crippen LogP contribution in [-0.4, -0.2) is 31.0 Å². The summed E-state index contributed by atoms with van der Waals surface area (Å²) in [6.07, 6.45) is 9.10. The predicted octanol–water partition coefficient (Wildman–Crippen LogP) is 3.03. The van der Waals surface area contributed by atoms with Crippen LogP contribution in [0, 0.1) is 0 Å². The third kappa shape index (κ3) is 3.39. The van der Waals surface area contributed by atoms with Gasteiger partial charge in [0, 0.05) is 29.8 Å². The Morgan fingerprint density at radius 3 is 2.72 bits per heavy atom. The number of carbonyl (C=O) groups is 1. The van der Waals surface area contributed by atoms with Crippen molar-refractivity contribution in [2.75, 3.05) is 5.32 Å². The molecule has 25 heavy (non-hydrogen) atoms. The summed E-state index contributed by atoms with van der Waals surface area (Å²) in [7, 11) is 0. The van der Waals surface area contributed by atoms with Gasteiger partial charge >= 0.3 is 0 Å². The summed E-state index contributed by atoms with van der Waals surface area (Å²) in [6.45, 7) is 0. The van der Waals surface area contributed by atoms with E-state index in [1.54, 1.807) is 6.20 Å². The van der Waals surface area contributed by atoms with E-state index < -0.39 is 5.60 Å². The largest absolute Gasteiger partial charge is 0.389 e. The van der Waals surface area contributed by atoms with Gasteiger partial charge in [-0.15, -0.1) is 0 Å². The molecule has 128 valence electrons. The predicted molar refractivity (Wildman–Crippen MR) is 95.1 cm³/mol. The Kier molecular flexibility index (Phi) is 3.97. The Balaban J connectivity index is 1.45. The quantitative estimate of drug-likeness (QED) is 0.767. The van der Waals surface area contributed by atoms with Crippen molar-refractivity contribution >= 4 is 17.4 Å². The molecule has 0 unspecified atom stereocenters. The lowest BCUT2D eigenvalue weighted by Gasteiger charge is -2.21. The van der Waals surface area contributed by atoms with Crippen molar-refractivity contribution in [1.82, 2.24) is 14.4 Å². The summed E-state index contributed by atoms with van der Waals surface area (Å²) >= 11 is 0. The molecular weight excluding hydrogens is 316 g/mol. The molecule has 2 aromatic heterocycles. The van der Waals surface area contributed by atoms with E-state index in [1.807, 2.05) is 47.1 Å². The summed E-state index contributed by atoms with van der Waals surface area (Å²) < 4.78 is 1.87. The van der Waals surface area contributed by atoms with Crippen LogP contribution in [0.15, 0.2) is 48.9 Å². The van der Waals surface area contributed by atoms with Gasteiger partial charge in [0.05, 0.1) is 17.7 Å². The zero-order chi connectivity index (χ0) is 17.3. The molecule has 1 aromatic carbocycles. The SMILES string of the molecule is O=C(CC1(O)CCCC1)Nc1ccc(-c2cn3cccnc3n2)cc1. The molecule has 6 heteroatoms. The van der Waals surface area contributed by atoms with Crippen LogP contribution in [-0.2, 0) is 4.79 Å². The van der Waals surface area contributed by atoms with Crippen molar-refractivity contribution in [3.63, 3.8) is 0 Å². The summed E-state index contributed by atoms with van der Waals surface area (Å²) in [5, 5.41) is 13.2. The molecule has 0 aliphatic heterocycles. The van der Waals surface area contributed by atoms with E-state index in [0.717, 1.165) is 29.8 Å². The second-order valence-electron chi connectivity index (χ2n) is 6.69. The number of amides is 1. The van der Waals surface area contributed by atoms with Gasteiger partial charge < -0.3 is 10.4 Å². The molecule has 0 radical (unpaired) electrons. The first-order chi connectivity index (χ1) is 12.1. The van der Waals surface area contributed by atoms with E-state index in [9.17, 15) is 9.90 Å². The lowest BCUT2D eigenvalue weighted by atomic mass is 9.97. The van der Waals surface area contributed by atoms with E-state index in [0.29, 0.717) is 18.6 Å². The number of benzene rings is 1. The Bertz CT molecular complexity index is 862. The fourth-order valence-corrected chi connectivity index (χ4v) is 3.41. The highest BCUT2D eigenvalue weighted by molar-refractivity contribution is 5.91. The lowest BCUT2D eigenvalue weighted by molar-refractivity contribution is -0.120. The average Bonchev–Trinajstić information content (AvgIpc) is 3.21. The molecule has 0 bridgehead atoms. The van der Waals surface area contributed by atoms with Crippen LogP contribution in [0.25, 0.3) is 17.0 Å². The first kappa shape index (κ1) is 15.8. The number of fused-ring (bicyclic) bond motifs is 1. The number of nitrogens with zero attached hydrogens (tertiary/aromatic N) is 3. The fraction of sp³-hybridized carbons (Fsp3) is 0.316. The first-order valence-electron chi connectivity index (χ1n) is 8.54. The van der Waals surface area contributed by atoms with E-state index in [-0.39, 0.29) is 12.3 Å². The highest BCUT2D eigenvalue weighted by atomic mass is 16.3. The molecule has 0 spiro atoms. The number of nitrogens with one attached hydrogen (secondary N) is 1. The standard InChI is InChI=1S/C19H20N4O2/c24-17(12-19(25)8-1-2-9-19)21-15-6-4-14(5-7-15)16-13-23-11-3-10-20-18(23)22-16/h3-7,10-11,13,25H,1-2,8-9,12H2,(H,21,24). The van der Waals surface area contributed by atoms with E-state index >= 15 is 0 Å². The fourth-order valence-electron chi connectivity index (χ4n) is 3.41. The van der Waals surface area contributed by atoms with Crippen LogP contribution in [0.5, 0.6) is 0 Å². The Labute approximate surface area is 145 Å². The normalized spacial score (nSPS) is 16.2. The molecule has 1 saturated carbocycles. The van der Waals surface area contributed by atoms with Crippen LogP contribution in [0.2, 0.25) is 0 Å². The van der Waals surface area contributed by atoms with Gasteiger partial charge in [-0.3, -0.25) is 9.20 Å². The Morgan fingerprint density at radius 2 is 2.00 bits per heavy atom. The number of carbonyl (C=O) groups excluding carboxylic acids is 1. The van der Waals surface area contributed by atoms with Crippen molar-refractivity contribution in [3.05, 3.63) is 48.9 Å². The molecule has 3 aromatic rings. The Morgan fingerprint density at radius 1 is 1.24 bits per heavy atom. The number of imidazole rings is 1. The number of aliphatic hydroxyl groups is 1. The second kappa shape index (κ2) is 6.29. The zero-order valence-corrected chi connectivity index (χ0v) is 13.9. The van der Waals surface area contributed by atoms with Crippen LogP contribution in [0.4, 0.5) is 5.69 Å². The maximum Gasteiger partial charge on any atom is 0.234 e. The lowest BCUT2D eigenvalue weighted by Crippen LogP contribution is -2.30. The summed E-state index contributed by atoms with van der Waals surface area (Å²) in [5.74, 6) is 0.508. The molecule has 0 atom stereocenters. The van der Waals surface area contributed by atoms with Gasteiger partial charge in [-0.05, 0) is 31.0 Å². The van der Waals surface area contributed by atoms with Crippen LogP contribution >= 0.6 is 0 Å². The molecule has 1 fully saturated rings. The first-order valence-corrected chi connectivity index (χ1v) is 8.54. The molecular formula is C19H20N4O2. The third-order valence-electron chi connectivity index (χ3n) is 4.72. The minimum atomic E-state index is -0.826. The van der Waals surface area contributed by atoms with Crippen LogP contribution < -0.4 is 5.32 Å². The van der Waals surface area contributed by atoms with Gasteiger partial charge in [0.25, 0.3) is 0 Å². The highest BCUT2D eigenvalue weighted by Gasteiger charge is 2.33. The minimum absolute atomic E-state index is 0.144. The highest BCUT2D eigenvalue weighted by Crippen LogP contribution is 2.32. The topological polar surface area (TPSA) is 79.5 Å². The van der Waals surface area contributed by atoms with E-state index in [2.05, 4.69) is 15.3 Å². The molecule has 2 N–H and O–H groups in total. The van der Waals surface area contributed by atoms with E-state index in [4.69, 9.17) is 0 Å². The molecule has 4 rings (SSSR count). The van der Waals surface area contributed by atoms with Crippen molar-refractivity contribution in [1.29, 1.82) is 0 Å². The van der Waals surface area contributed by atoms with Crippen molar-refractivity contribution in [3.8, 4) is 11.3 Å². The smallest absolute Gasteiger partial charge is 0.234 e. The van der Waals surface area contributed by atoms with Crippen molar-refractivity contribution in [2.24, 2.45) is 0 Å². The minimum Gasteiger partial charge on any atom is -0.389 e. The molecule has 6 nitrogen and oxygen atoms in total. The Hall–Kier alpha value is -2.73. The maximum absolute atomic E-state index is 12.2. The molecule has 1 aliphatic carbocycles. The molecule has 1 amide bonds. The van der Waals surface area contributed by atoms with Gasteiger partial charge in [0.1, 0.15) is 0 Å². The van der Waals surface area contributed by atoms with Gasteiger partial charge in [0.2, 0.25) is 11.7 Å². The number of anilines is 1. The van der Waals surface area contributed by atoms with Crippen LogP contribution in [0.3, 0.4) is 0 Å².